The van der Waals surface area contributed by atoms with Gasteiger partial charge >= 0.3 is 5.97 Å². The van der Waals surface area contributed by atoms with Gasteiger partial charge in [-0.15, -0.1) is 0 Å². The van der Waals surface area contributed by atoms with Crippen molar-refractivity contribution in [3.05, 3.63) is 24.5 Å². The molecule has 2 rings (SSSR count). The van der Waals surface area contributed by atoms with Crippen LogP contribution in [0.1, 0.15) is 12.8 Å². The molecule has 0 radical (unpaired) electrons. The van der Waals surface area contributed by atoms with E-state index in [1.54, 1.807) is 24.5 Å². The van der Waals surface area contributed by atoms with Gasteiger partial charge in [-0.2, -0.15) is 0 Å². The number of aliphatic carboxylic acids is 1. The van der Waals surface area contributed by atoms with Gasteiger partial charge in [0.2, 0.25) is 5.91 Å². The molecule has 1 fully saturated rings. The van der Waals surface area contributed by atoms with Crippen molar-refractivity contribution >= 4 is 11.9 Å². The molecule has 2 N–H and O–H groups in total. The minimum Gasteiger partial charge on any atom is -0.481 e. The second-order valence-corrected chi connectivity index (χ2v) is 3.69. The molecule has 1 heterocycles. The van der Waals surface area contributed by atoms with Crippen LogP contribution in [0.2, 0.25) is 0 Å². The summed E-state index contributed by atoms with van der Waals surface area (Å²) in [5.74, 6) is -2.00. The summed E-state index contributed by atoms with van der Waals surface area (Å²) in [7, 11) is 0. The Kier molecular flexibility index (Phi) is 2.45. The average molecular weight is 208 g/mol. The van der Waals surface area contributed by atoms with E-state index in [-0.39, 0.29) is 11.8 Å². The largest absolute Gasteiger partial charge is 0.481 e. The number of amides is 1. The molecule has 5 heteroatoms. The smallest absolute Gasteiger partial charge is 0.307 e. The molecule has 0 spiro atoms. The molecule has 1 aromatic rings. The Morgan fingerprint density at radius 1 is 1.20 bits per heavy atom. The molecule has 0 bridgehead atoms. The van der Waals surface area contributed by atoms with Crippen LogP contribution in [0.3, 0.4) is 0 Å². The highest BCUT2D eigenvalue weighted by molar-refractivity contribution is 5.91. The summed E-state index contributed by atoms with van der Waals surface area (Å²) in [6.07, 6.45) is 4.65. The number of rotatable bonds is 3. The third kappa shape index (κ3) is 1.86. The Morgan fingerprint density at radius 3 is 2.27 bits per heavy atom. The summed E-state index contributed by atoms with van der Waals surface area (Å²) < 4.78 is 1.53. The average Bonchev–Trinajstić information content (AvgIpc) is 2.52. The van der Waals surface area contributed by atoms with Gasteiger partial charge in [0.1, 0.15) is 0 Å². The number of nitrogens with zero attached hydrogens (tertiary/aromatic N) is 1. The highest BCUT2D eigenvalue weighted by atomic mass is 16.4. The maximum absolute atomic E-state index is 11.6. The highest BCUT2D eigenvalue weighted by Crippen LogP contribution is 2.34. The van der Waals surface area contributed by atoms with E-state index in [1.165, 1.54) is 4.68 Å². The van der Waals surface area contributed by atoms with Crippen molar-refractivity contribution in [1.82, 2.24) is 4.68 Å². The molecule has 80 valence electrons. The predicted molar refractivity (Wildman–Crippen MR) is 52.6 cm³/mol. The zero-order chi connectivity index (χ0) is 10.8. The molecule has 0 saturated heterocycles. The van der Waals surface area contributed by atoms with Gasteiger partial charge in [-0.3, -0.25) is 19.7 Å². The minimum atomic E-state index is -0.881. The standard InChI is InChI=1S/C10H12N2O3/c13-9(11-12-5-1-2-6-12)7-3-4-8(7)10(14)15/h1-2,5-8H,3-4H2,(H,11,13)(H,14,15)/t7-,8+/m0/s1. The molecule has 0 aromatic carbocycles. The quantitative estimate of drug-likeness (QED) is 0.766. The Morgan fingerprint density at radius 2 is 1.80 bits per heavy atom. The second-order valence-electron chi connectivity index (χ2n) is 3.69. The van der Waals surface area contributed by atoms with Crippen molar-refractivity contribution in [2.24, 2.45) is 11.8 Å². The summed E-state index contributed by atoms with van der Waals surface area (Å²) >= 11 is 0. The zero-order valence-corrected chi connectivity index (χ0v) is 8.09. The molecule has 0 unspecified atom stereocenters. The van der Waals surface area contributed by atoms with E-state index >= 15 is 0 Å². The lowest BCUT2D eigenvalue weighted by Crippen LogP contribution is -2.42. The fraction of sp³-hybridized carbons (Fsp3) is 0.400. The maximum atomic E-state index is 11.6. The van der Waals surface area contributed by atoms with Crippen LogP contribution in [0.25, 0.3) is 0 Å². The Balaban J connectivity index is 1.95. The molecule has 1 saturated carbocycles. The van der Waals surface area contributed by atoms with Gasteiger partial charge in [0.05, 0.1) is 11.8 Å². The number of carboxylic acids is 1. The van der Waals surface area contributed by atoms with E-state index in [9.17, 15) is 9.59 Å². The number of hydrogen-bond acceptors (Lipinski definition) is 2. The van der Waals surface area contributed by atoms with E-state index < -0.39 is 11.9 Å². The lowest BCUT2D eigenvalue weighted by molar-refractivity contribution is -0.151. The minimum absolute atomic E-state index is 0.218. The van der Waals surface area contributed by atoms with Crippen LogP contribution in [0.4, 0.5) is 0 Å². The van der Waals surface area contributed by atoms with Crippen molar-refractivity contribution in [3.63, 3.8) is 0 Å². The van der Waals surface area contributed by atoms with Crippen molar-refractivity contribution in [2.75, 3.05) is 5.43 Å². The van der Waals surface area contributed by atoms with E-state index in [2.05, 4.69) is 5.43 Å². The monoisotopic (exact) mass is 208 g/mol. The van der Waals surface area contributed by atoms with E-state index in [1.807, 2.05) is 0 Å². The first-order valence-corrected chi connectivity index (χ1v) is 4.85. The Labute approximate surface area is 86.7 Å². The number of carbonyl (C=O) groups is 2. The molecular weight excluding hydrogens is 196 g/mol. The van der Waals surface area contributed by atoms with Crippen LogP contribution in [-0.4, -0.2) is 21.7 Å². The third-order valence-electron chi connectivity index (χ3n) is 2.77. The van der Waals surface area contributed by atoms with Gasteiger partial charge < -0.3 is 5.11 Å². The topological polar surface area (TPSA) is 71.3 Å². The first-order valence-electron chi connectivity index (χ1n) is 4.85. The summed E-state index contributed by atoms with van der Waals surface area (Å²) in [5.41, 5.74) is 2.62. The van der Waals surface area contributed by atoms with Gasteiger partial charge in [0, 0.05) is 12.4 Å². The second kappa shape index (κ2) is 3.76. The summed E-state index contributed by atoms with van der Waals surface area (Å²) in [4.78, 5) is 22.3. The molecule has 0 aliphatic heterocycles. The summed E-state index contributed by atoms with van der Waals surface area (Å²) in [6.45, 7) is 0. The molecule has 2 atom stereocenters. The van der Waals surface area contributed by atoms with Crippen LogP contribution in [-0.2, 0) is 9.59 Å². The Bertz CT molecular complexity index is 372. The van der Waals surface area contributed by atoms with Gasteiger partial charge in [-0.25, -0.2) is 0 Å². The van der Waals surface area contributed by atoms with Gasteiger partial charge in [0.25, 0.3) is 0 Å². The van der Waals surface area contributed by atoms with Crippen molar-refractivity contribution in [2.45, 2.75) is 12.8 Å². The van der Waals surface area contributed by atoms with Crippen molar-refractivity contribution in [3.8, 4) is 0 Å². The zero-order valence-electron chi connectivity index (χ0n) is 8.09. The lowest BCUT2D eigenvalue weighted by Gasteiger charge is -2.31. The molecule has 1 aliphatic rings. The first-order chi connectivity index (χ1) is 7.18. The number of carbonyl (C=O) groups excluding carboxylic acids is 1. The van der Waals surface area contributed by atoms with Gasteiger partial charge in [-0.1, -0.05) is 0 Å². The molecule has 1 aliphatic carbocycles. The Hall–Kier alpha value is -1.78. The van der Waals surface area contributed by atoms with Gasteiger partial charge in [0.15, 0.2) is 0 Å². The third-order valence-corrected chi connectivity index (χ3v) is 2.77. The van der Waals surface area contributed by atoms with E-state index in [4.69, 9.17) is 5.11 Å². The number of nitrogens with one attached hydrogen (secondary N) is 1. The fourth-order valence-corrected chi connectivity index (χ4v) is 1.73. The molecular formula is C10H12N2O3. The summed E-state index contributed by atoms with van der Waals surface area (Å²) in [6, 6.07) is 3.57. The molecule has 1 amide bonds. The van der Waals surface area contributed by atoms with Crippen LogP contribution in [0.15, 0.2) is 24.5 Å². The highest BCUT2D eigenvalue weighted by Gasteiger charge is 2.41. The van der Waals surface area contributed by atoms with Crippen molar-refractivity contribution < 1.29 is 14.7 Å². The normalized spacial score (nSPS) is 24.3. The molecule has 1 aromatic heterocycles. The van der Waals surface area contributed by atoms with Crippen LogP contribution in [0.5, 0.6) is 0 Å². The van der Waals surface area contributed by atoms with E-state index in [0.29, 0.717) is 12.8 Å². The SMILES string of the molecule is O=C(Nn1cccc1)[C@H]1CC[C@H]1C(=O)O. The number of hydrogen-bond donors (Lipinski definition) is 2. The first kappa shape index (κ1) is 9.76. The number of aromatic nitrogens is 1. The lowest BCUT2D eigenvalue weighted by atomic mass is 9.73. The maximum Gasteiger partial charge on any atom is 0.307 e. The number of carboxylic acid groups (broad SMARTS) is 1. The predicted octanol–water partition coefficient (Wildman–Crippen LogP) is 0.669. The van der Waals surface area contributed by atoms with Crippen LogP contribution in [0, 0.1) is 11.8 Å². The van der Waals surface area contributed by atoms with Crippen LogP contribution >= 0.6 is 0 Å². The van der Waals surface area contributed by atoms with Crippen LogP contribution < -0.4 is 5.43 Å². The fourth-order valence-electron chi connectivity index (χ4n) is 1.73. The van der Waals surface area contributed by atoms with E-state index in [0.717, 1.165) is 0 Å². The molecule has 5 nitrogen and oxygen atoms in total. The summed E-state index contributed by atoms with van der Waals surface area (Å²) in [5, 5.41) is 8.79. The van der Waals surface area contributed by atoms with Gasteiger partial charge in [-0.05, 0) is 25.0 Å². The molecule has 15 heavy (non-hydrogen) atoms. The van der Waals surface area contributed by atoms with Crippen molar-refractivity contribution in [1.29, 1.82) is 0 Å².